The summed E-state index contributed by atoms with van der Waals surface area (Å²) in [5.41, 5.74) is 9.29. The number of nitrogens with two attached hydrogens (primary N) is 1. The molecule has 2 heteroatoms. The molecule has 2 nitrogen and oxygen atoms in total. The molecule has 0 saturated carbocycles. The zero-order valence-corrected chi connectivity index (χ0v) is 11.7. The van der Waals surface area contributed by atoms with Crippen molar-refractivity contribution < 1.29 is 0 Å². The van der Waals surface area contributed by atoms with E-state index in [0.29, 0.717) is 5.84 Å². The van der Waals surface area contributed by atoms with Gasteiger partial charge >= 0.3 is 0 Å². The molecule has 0 bridgehead atoms. The second kappa shape index (κ2) is 5.27. The molecule has 2 rings (SSSR count). The van der Waals surface area contributed by atoms with Crippen LogP contribution in [0.15, 0.2) is 59.6 Å². The molecule has 19 heavy (non-hydrogen) atoms. The maximum absolute atomic E-state index is 6.00. The molecule has 0 saturated heterocycles. The Balaban J connectivity index is 2.24. The fraction of sp³-hybridized carbons (Fsp3) is 0.235. The van der Waals surface area contributed by atoms with E-state index >= 15 is 0 Å². The summed E-state index contributed by atoms with van der Waals surface area (Å²) < 4.78 is 0. The maximum Gasteiger partial charge on any atom is 0.131 e. The van der Waals surface area contributed by atoms with Crippen LogP contribution in [0, 0.1) is 0 Å². The van der Waals surface area contributed by atoms with Crippen LogP contribution in [0.5, 0.6) is 0 Å². The van der Waals surface area contributed by atoms with Gasteiger partial charge in [-0.2, -0.15) is 0 Å². The number of aliphatic imine (C=N–C) groups is 1. The molecule has 0 aliphatic rings. The van der Waals surface area contributed by atoms with Crippen LogP contribution in [-0.2, 0) is 5.41 Å². The Hall–Kier alpha value is -2.09. The van der Waals surface area contributed by atoms with Crippen LogP contribution in [0.3, 0.4) is 0 Å². The van der Waals surface area contributed by atoms with Crippen LogP contribution < -0.4 is 5.73 Å². The lowest BCUT2D eigenvalue weighted by atomic mass is 9.87. The molecule has 2 aromatic carbocycles. The fourth-order valence-electron chi connectivity index (χ4n) is 1.85. The van der Waals surface area contributed by atoms with Gasteiger partial charge in [-0.05, 0) is 23.1 Å². The van der Waals surface area contributed by atoms with E-state index < -0.39 is 0 Å². The third-order valence-corrected chi connectivity index (χ3v) is 3.05. The SMILES string of the molecule is CC(C)(C)c1ccc(N=C(N)c2ccccc2)cc1. The van der Waals surface area contributed by atoms with E-state index in [1.54, 1.807) is 0 Å². The number of benzene rings is 2. The molecule has 0 radical (unpaired) electrons. The Morgan fingerprint density at radius 2 is 1.47 bits per heavy atom. The molecule has 0 fully saturated rings. The molecule has 0 unspecified atom stereocenters. The first-order valence-electron chi connectivity index (χ1n) is 6.47. The first kappa shape index (κ1) is 13.3. The highest BCUT2D eigenvalue weighted by Crippen LogP contribution is 2.24. The van der Waals surface area contributed by atoms with Crippen LogP contribution in [0.2, 0.25) is 0 Å². The summed E-state index contributed by atoms with van der Waals surface area (Å²) in [5, 5.41) is 0. The van der Waals surface area contributed by atoms with Crippen LogP contribution in [-0.4, -0.2) is 5.84 Å². The standard InChI is InChI=1S/C17H20N2/c1-17(2,3)14-9-11-15(12-10-14)19-16(18)13-7-5-4-6-8-13/h4-12H,1-3H3,(H2,18,19). The molecule has 0 atom stereocenters. The normalized spacial score (nSPS) is 12.5. The average molecular weight is 252 g/mol. The van der Waals surface area contributed by atoms with Crippen molar-refractivity contribution in [3.05, 3.63) is 65.7 Å². The first-order valence-corrected chi connectivity index (χ1v) is 6.47. The zero-order chi connectivity index (χ0) is 13.9. The lowest BCUT2D eigenvalue weighted by molar-refractivity contribution is 0.590. The zero-order valence-electron chi connectivity index (χ0n) is 11.7. The summed E-state index contributed by atoms with van der Waals surface area (Å²) in [7, 11) is 0. The second-order valence-electron chi connectivity index (χ2n) is 5.66. The topological polar surface area (TPSA) is 38.4 Å². The van der Waals surface area contributed by atoms with E-state index in [2.05, 4.69) is 37.9 Å². The molecule has 98 valence electrons. The lowest BCUT2D eigenvalue weighted by Crippen LogP contribution is -2.12. The molecular formula is C17H20N2. The minimum Gasteiger partial charge on any atom is -0.383 e. The van der Waals surface area contributed by atoms with E-state index in [1.165, 1.54) is 5.56 Å². The first-order chi connectivity index (χ1) is 8.97. The van der Waals surface area contributed by atoms with Gasteiger partial charge in [0.15, 0.2) is 0 Å². The van der Waals surface area contributed by atoms with Crippen molar-refractivity contribution in [1.29, 1.82) is 0 Å². The largest absolute Gasteiger partial charge is 0.383 e. The molecule has 2 N–H and O–H groups in total. The van der Waals surface area contributed by atoms with Gasteiger partial charge in [0.05, 0.1) is 5.69 Å². The Bertz CT molecular complexity index is 560. The molecule has 0 amide bonds. The summed E-state index contributed by atoms with van der Waals surface area (Å²) in [6.07, 6.45) is 0. The lowest BCUT2D eigenvalue weighted by Gasteiger charge is -2.18. The van der Waals surface area contributed by atoms with Crippen molar-refractivity contribution >= 4 is 11.5 Å². The van der Waals surface area contributed by atoms with Crippen molar-refractivity contribution in [2.75, 3.05) is 0 Å². The molecule has 0 heterocycles. The highest BCUT2D eigenvalue weighted by Gasteiger charge is 2.12. The minimum atomic E-state index is 0.160. The van der Waals surface area contributed by atoms with Crippen molar-refractivity contribution in [3.63, 3.8) is 0 Å². The molecule has 0 aromatic heterocycles. The summed E-state index contributed by atoms with van der Waals surface area (Å²) in [6, 6.07) is 18.0. The fourth-order valence-corrected chi connectivity index (χ4v) is 1.85. The molecular weight excluding hydrogens is 232 g/mol. The molecule has 2 aromatic rings. The van der Waals surface area contributed by atoms with Crippen LogP contribution in [0.1, 0.15) is 31.9 Å². The highest BCUT2D eigenvalue weighted by molar-refractivity contribution is 5.98. The van der Waals surface area contributed by atoms with E-state index in [-0.39, 0.29) is 5.41 Å². The predicted molar refractivity (Wildman–Crippen MR) is 82.0 cm³/mol. The van der Waals surface area contributed by atoms with Crippen molar-refractivity contribution in [1.82, 2.24) is 0 Å². The van der Waals surface area contributed by atoms with Gasteiger partial charge in [0, 0.05) is 5.56 Å². The van der Waals surface area contributed by atoms with Gasteiger partial charge in [-0.15, -0.1) is 0 Å². The number of hydrogen-bond acceptors (Lipinski definition) is 1. The third kappa shape index (κ3) is 3.44. The maximum atomic E-state index is 6.00. The summed E-state index contributed by atoms with van der Waals surface area (Å²) in [6.45, 7) is 6.59. The van der Waals surface area contributed by atoms with Crippen LogP contribution in [0.25, 0.3) is 0 Å². The summed E-state index contributed by atoms with van der Waals surface area (Å²) in [5.74, 6) is 0.545. The van der Waals surface area contributed by atoms with Gasteiger partial charge in [0.25, 0.3) is 0 Å². The summed E-state index contributed by atoms with van der Waals surface area (Å²) >= 11 is 0. The van der Waals surface area contributed by atoms with E-state index in [0.717, 1.165) is 11.3 Å². The number of hydrogen-bond donors (Lipinski definition) is 1. The van der Waals surface area contributed by atoms with Gasteiger partial charge < -0.3 is 5.73 Å². The van der Waals surface area contributed by atoms with Crippen LogP contribution >= 0.6 is 0 Å². The van der Waals surface area contributed by atoms with E-state index in [9.17, 15) is 0 Å². The highest BCUT2D eigenvalue weighted by atomic mass is 14.9. The third-order valence-electron chi connectivity index (χ3n) is 3.05. The quantitative estimate of drug-likeness (QED) is 0.636. The monoisotopic (exact) mass is 252 g/mol. The average Bonchev–Trinajstić information content (AvgIpc) is 2.39. The predicted octanol–water partition coefficient (Wildman–Crippen LogP) is 4.02. The van der Waals surface area contributed by atoms with Crippen LogP contribution in [0.4, 0.5) is 5.69 Å². The Labute approximate surface area is 115 Å². The van der Waals surface area contributed by atoms with Crippen molar-refractivity contribution in [2.24, 2.45) is 10.7 Å². The molecule has 0 aliphatic heterocycles. The Morgan fingerprint density at radius 3 is 2.00 bits per heavy atom. The second-order valence-corrected chi connectivity index (χ2v) is 5.66. The van der Waals surface area contributed by atoms with E-state index in [1.807, 2.05) is 42.5 Å². The van der Waals surface area contributed by atoms with Gasteiger partial charge in [-0.3, -0.25) is 0 Å². The van der Waals surface area contributed by atoms with Gasteiger partial charge in [-0.1, -0.05) is 63.2 Å². The number of rotatable bonds is 2. The molecule has 0 spiro atoms. The summed E-state index contributed by atoms with van der Waals surface area (Å²) in [4.78, 5) is 4.45. The number of nitrogens with zero attached hydrogens (tertiary/aromatic N) is 1. The minimum absolute atomic E-state index is 0.160. The van der Waals surface area contributed by atoms with Gasteiger partial charge in [0.2, 0.25) is 0 Å². The van der Waals surface area contributed by atoms with Gasteiger partial charge in [0.1, 0.15) is 5.84 Å². The Morgan fingerprint density at radius 1 is 0.895 bits per heavy atom. The smallest absolute Gasteiger partial charge is 0.131 e. The number of amidine groups is 1. The molecule has 0 aliphatic carbocycles. The van der Waals surface area contributed by atoms with Crippen molar-refractivity contribution in [3.8, 4) is 0 Å². The van der Waals surface area contributed by atoms with Crippen molar-refractivity contribution in [2.45, 2.75) is 26.2 Å². The van der Waals surface area contributed by atoms with E-state index in [4.69, 9.17) is 5.73 Å². The van der Waals surface area contributed by atoms with Gasteiger partial charge in [-0.25, -0.2) is 4.99 Å². The Kier molecular flexibility index (Phi) is 3.70.